The third kappa shape index (κ3) is 2.57. The van der Waals surface area contributed by atoms with Crippen LogP contribution in [0.4, 0.5) is 5.69 Å². The van der Waals surface area contributed by atoms with E-state index in [-0.39, 0.29) is 0 Å². The number of rotatable bonds is 3. The fraction of sp³-hybridized carbons (Fsp3) is 0.200. The van der Waals surface area contributed by atoms with Gasteiger partial charge in [-0.15, -0.1) is 0 Å². The third-order valence-corrected chi connectivity index (χ3v) is 2.93. The summed E-state index contributed by atoms with van der Waals surface area (Å²) in [7, 11) is 0. The topological polar surface area (TPSA) is 65.2 Å². The van der Waals surface area contributed by atoms with Crippen molar-refractivity contribution in [2.75, 3.05) is 12.3 Å². The normalized spacial score (nSPS) is 10.2. The lowest BCUT2D eigenvalue weighted by molar-refractivity contribution is 0.0528. The standard InChI is InChI=1S/C15H16N2O2/c1-3-19-15(18)13-12(5-4-10(2)14(13)16)11-6-8-17-9-7-11/h4-9H,3,16H2,1-2H3. The summed E-state index contributed by atoms with van der Waals surface area (Å²) >= 11 is 0. The number of hydrogen-bond acceptors (Lipinski definition) is 4. The van der Waals surface area contributed by atoms with E-state index in [1.54, 1.807) is 19.3 Å². The van der Waals surface area contributed by atoms with E-state index in [2.05, 4.69) is 4.98 Å². The van der Waals surface area contributed by atoms with Crippen LogP contribution >= 0.6 is 0 Å². The molecule has 0 atom stereocenters. The van der Waals surface area contributed by atoms with Crippen LogP contribution in [0.25, 0.3) is 11.1 Å². The number of hydrogen-bond donors (Lipinski definition) is 1. The van der Waals surface area contributed by atoms with Gasteiger partial charge in [-0.2, -0.15) is 0 Å². The van der Waals surface area contributed by atoms with Gasteiger partial charge >= 0.3 is 5.97 Å². The van der Waals surface area contributed by atoms with Crippen LogP contribution in [0, 0.1) is 6.92 Å². The van der Waals surface area contributed by atoms with Gasteiger partial charge in [-0.3, -0.25) is 4.98 Å². The summed E-state index contributed by atoms with van der Waals surface area (Å²) in [6.45, 7) is 3.96. The van der Waals surface area contributed by atoms with Gasteiger partial charge in [0.05, 0.1) is 12.2 Å². The largest absolute Gasteiger partial charge is 0.462 e. The molecule has 19 heavy (non-hydrogen) atoms. The Morgan fingerprint density at radius 2 is 1.95 bits per heavy atom. The third-order valence-electron chi connectivity index (χ3n) is 2.93. The summed E-state index contributed by atoms with van der Waals surface area (Å²) in [5.41, 5.74) is 9.45. The molecule has 0 radical (unpaired) electrons. The van der Waals surface area contributed by atoms with Crippen LogP contribution in [-0.4, -0.2) is 17.6 Å². The van der Waals surface area contributed by atoms with Crippen molar-refractivity contribution in [3.05, 3.63) is 47.8 Å². The van der Waals surface area contributed by atoms with Crippen molar-refractivity contribution in [2.45, 2.75) is 13.8 Å². The molecule has 0 saturated carbocycles. The van der Waals surface area contributed by atoms with E-state index in [1.165, 1.54) is 0 Å². The zero-order chi connectivity index (χ0) is 13.8. The van der Waals surface area contributed by atoms with Gasteiger partial charge in [0, 0.05) is 18.1 Å². The average molecular weight is 256 g/mol. The van der Waals surface area contributed by atoms with E-state index in [9.17, 15) is 4.79 Å². The molecule has 2 rings (SSSR count). The molecule has 0 saturated heterocycles. The molecule has 1 aromatic carbocycles. The Morgan fingerprint density at radius 1 is 1.26 bits per heavy atom. The zero-order valence-corrected chi connectivity index (χ0v) is 11.0. The Kier molecular flexibility index (Phi) is 3.80. The number of anilines is 1. The van der Waals surface area contributed by atoms with Gasteiger partial charge in [-0.25, -0.2) is 4.79 Å². The van der Waals surface area contributed by atoms with Gasteiger partial charge in [0.2, 0.25) is 0 Å². The molecule has 0 amide bonds. The Bertz CT molecular complexity index is 595. The number of benzene rings is 1. The highest BCUT2D eigenvalue weighted by Gasteiger charge is 2.18. The minimum Gasteiger partial charge on any atom is -0.462 e. The SMILES string of the molecule is CCOC(=O)c1c(-c2ccncc2)ccc(C)c1N. The number of aryl methyl sites for hydroxylation is 1. The second-order valence-electron chi connectivity index (χ2n) is 4.18. The lowest BCUT2D eigenvalue weighted by Gasteiger charge is -2.13. The zero-order valence-electron chi connectivity index (χ0n) is 11.0. The molecule has 0 aliphatic carbocycles. The first kappa shape index (κ1) is 13.1. The Hall–Kier alpha value is -2.36. The Labute approximate surface area is 112 Å². The molecule has 1 heterocycles. The predicted octanol–water partition coefficient (Wildman–Crippen LogP) is 2.82. The second-order valence-corrected chi connectivity index (χ2v) is 4.18. The Balaban J connectivity index is 2.61. The first-order valence-corrected chi connectivity index (χ1v) is 6.11. The smallest absolute Gasteiger partial charge is 0.340 e. The minimum absolute atomic E-state index is 0.321. The molecule has 0 fully saturated rings. The first-order valence-electron chi connectivity index (χ1n) is 6.11. The molecular formula is C15H16N2O2. The fourth-order valence-electron chi connectivity index (χ4n) is 1.92. The molecule has 0 unspecified atom stereocenters. The summed E-state index contributed by atoms with van der Waals surface area (Å²) < 4.78 is 5.09. The van der Waals surface area contributed by atoms with Crippen LogP contribution in [0.2, 0.25) is 0 Å². The van der Waals surface area contributed by atoms with Gasteiger partial charge in [0.1, 0.15) is 0 Å². The van der Waals surface area contributed by atoms with Gasteiger partial charge < -0.3 is 10.5 Å². The molecule has 0 aliphatic rings. The average Bonchev–Trinajstić information content (AvgIpc) is 2.42. The number of nitrogen functional groups attached to an aromatic ring is 1. The van der Waals surface area contributed by atoms with E-state index < -0.39 is 5.97 Å². The maximum Gasteiger partial charge on any atom is 0.340 e. The maximum atomic E-state index is 12.1. The van der Waals surface area contributed by atoms with Gasteiger partial charge in [-0.1, -0.05) is 12.1 Å². The molecule has 1 aromatic heterocycles. The van der Waals surface area contributed by atoms with Crippen molar-refractivity contribution < 1.29 is 9.53 Å². The summed E-state index contributed by atoms with van der Waals surface area (Å²) in [6.07, 6.45) is 3.36. The lowest BCUT2D eigenvalue weighted by Crippen LogP contribution is -2.11. The van der Waals surface area contributed by atoms with Crippen LogP contribution < -0.4 is 5.73 Å². The molecule has 4 nitrogen and oxygen atoms in total. The van der Waals surface area contributed by atoms with Crippen molar-refractivity contribution in [3.63, 3.8) is 0 Å². The second kappa shape index (κ2) is 5.52. The number of esters is 1. The highest BCUT2D eigenvalue weighted by atomic mass is 16.5. The van der Waals surface area contributed by atoms with Crippen molar-refractivity contribution in [1.29, 1.82) is 0 Å². The van der Waals surface area contributed by atoms with Gasteiger partial charge in [0.15, 0.2) is 0 Å². The number of nitrogens with zero attached hydrogens (tertiary/aromatic N) is 1. The number of carbonyl (C=O) groups is 1. The molecular weight excluding hydrogens is 240 g/mol. The van der Waals surface area contributed by atoms with Crippen LogP contribution in [0.15, 0.2) is 36.7 Å². The molecule has 2 aromatic rings. The van der Waals surface area contributed by atoms with Crippen molar-refractivity contribution in [3.8, 4) is 11.1 Å². The molecule has 0 aliphatic heterocycles. The van der Waals surface area contributed by atoms with E-state index in [4.69, 9.17) is 10.5 Å². The highest BCUT2D eigenvalue weighted by molar-refractivity contribution is 6.03. The number of pyridine rings is 1. The number of nitrogens with two attached hydrogens (primary N) is 1. The quantitative estimate of drug-likeness (QED) is 0.677. The van der Waals surface area contributed by atoms with Gasteiger partial charge in [0.25, 0.3) is 0 Å². The van der Waals surface area contributed by atoms with Crippen LogP contribution in [0.5, 0.6) is 0 Å². The van der Waals surface area contributed by atoms with Crippen molar-refractivity contribution in [2.24, 2.45) is 0 Å². The molecule has 2 N–H and O–H groups in total. The van der Waals surface area contributed by atoms with E-state index in [0.29, 0.717) is 17.9 Å². The summed E-state index contributed by atoms with van der Waals surface area (Å²) in [4.78, 5) is 16.1. The number of aromatic nitrogens is 1. The fourth-order valence-corrected chi connectivity index (χ4v) is 1.92. The van der Waals surface area contributed by atoms with Crippen LogP contribution in [0.3, 0.4) is 0 Å². The van der Waals surface area contributed by atoms with Crippen molar-refractivity contribution in [1.82, 2.24) is 4.98 Å². The maximum absolute atomic E-state index is 12.1. The number of carbonyl (C=O) groups excluding carboxylic acids is 1. The molecule has 0 spiro atoms. The van der Waals surface area contributed by atoms with Crippen LogP contribution in [0.1, 0.15) is 22.8 Å². The van der Waals surface area contributed by atoms with Gasteiger partial charge in [-0.05, 0) is 42.7 Å². The van der Waals surface area contributed by atoms with Crippen molar-refractivity contribution >= 4 is 11.7 Å². The Morgan fingerprint density at radius 3 is 2.58 bits per heavy atom. The molecule has 98 valence electrons. The predicted molar refractivity (Wildman–Crippen MR) is 74.8 cm³/mol. The van der Waals surface area contributed by atoms with E-state index in [0.717, 1.165) is 16.7 Å². The minimum atomic E-state index is -0.393. The number of ether oxygens (including phenoxy) is 1. The summed E-state index contributed by atoms with van der Waals surface area (Å²) in [5.74, 6) is -0.393. The lowest BCUT2D eigenvalue weighted by atomic mass is 9.96. The summed E-state index contributed by atoms with van der Waals surface area (Å²) in [5, 5.41) is 0. The van der Waals surface area contributed by atoms with E-state index >= 15 is 0 Å². The van der Waals surface area contributed by atoms with E-state index in [1.807, 2.05) is 31.2 Å². The monoisotopic (exact) mass is 256 g/mol. The van der Waals surface area contributed by atoms with Crippen LogP contribution in [-0.2, 0) is 4.74 Å². The first-order chi connectivity index (χ1) is 9.15. The summed E-state index contributed by atoms with van der Waals surface area (Å²) in [6, 6.07) is 7.46. The molecule has 4 heteroatoms. The molecule has 0 bridgehead atoms. The highest BCUT2D eigenvalue weighted by Crippen LogP contribution is 2.30.